The molecule has 0 radical (unpaired) electrons. The fourth-order valence-electron chi connectivity index (χ4n) is 2.90. The Morgan fingerprint density at radius 2 is 2.05 bits per heavy atom. The number of anilines is 1. The van der Waals surface area contributed by atoms with Gasteiger partial charge in [0.1, 0.15) is 5.82 Å². The lowest BCUT2D eigenvalue weighted by atomic mass is 10.1. The van der Waals surface area contributed by atoms with Gasteiger partial charge in [0.25, 0.3) is 0 Å². The lowest BCUT2D eigenvalue weighted by molar-refractivity contribution is 0.523. The molecule has 20 heavy (non-hydrogen) atoms. The first-order valence-electron chi connectivity index (χ1n) is 7.93. The average Bonchev–Trinajstić information content (AvgIpc) is 2.93. The average molecular weight is 276 g/mol. The molecular weight excluding hydrogens is 248 g/mol. The maximum absolute atomic E-state index is 4.79. The van der Waals surface area contributed by atoms with E-state index < -0.39 is 0 Å². The summed E-state index contributed by atoms with van der Waals surface area (Å²) in [4.78, 5) is 11.7. The monoisotopic (exact) mass is 276 g/mol. The zero-order valence-corrected chi connectivity index (χ0v) is 13.1. The molecule has 0 saturated heterocycles. The third kappa shape index (κ3) is 4.17. The molecule has 1 heterocycles. The van der Waals surface area contributed by atoms with E-state index in [0.717, 1.165) is 30.5 Å². The number of hydrogen-bond acceptors (Lipinski definition) is 4. The van der Waals surface area contributed by atoms with E-state index >= 15 is 0 Å². The number of rotatable bonds is 7. The minimum atomic E-state index is 0.660. The number of nitrogens with one attached hydrogen (secondary N) is 1. The molecule has 0 spiro atoms. The highest BCUT2D eigenvalue weighted by molar-refractivity contribution is 5.38. The van der Waals surface area contributed by atoms with Gasteiger partial charge in [-0.15, -0.1) is 0 Å². The van der Waals surface area contributed by atoms with Crippen LogP contribution in [-0.4, -0.2) is 29.6 Å². The number of aromatic nitrogens is 2. The number of hydrogen-bond donors (Lipinski definition) is 1. The van der Waals surface area contributed by atoms with Gasteiger partial charge in [-0.2, -0.15) is 0 Å². The molecule has 2 rings (SSSR count). The topological polar surface area (TPSA) is 41.1 Å². The van der Waals surface area contributed by atoms with Crippen molar-refractivity contribution >= 4 is 5.82 Å². The van der Waals surface area contributed by atoms with Crippen LogP contribution in [0.1, 0.15) is 51.6 Å². The zero-order chi connectivity index (χ0) is 14.4. The first kappa shape index (κ1) is 15.2. The van der Waals surface area contributed by atoms with Crippen molar-refractivity contribution in [3.05, 3.63) is 18.1 Å². The highest BCUT2D eigenvalue weighted by atomic mass is 15.2. The van der Waals surface area contributed by atoms with E-state index in [9.17, 15) is 0 Å². The van der Waals surface area contributed by atoms with Crippen LogP contribution in [0.25, 0.3) is 0 Å². The Labute approximate surface area is 123 Å². The fourth-order valence-corrected chi connectivity index (χ4v) is 2.90. The molecule has 0 bridgehead atoms. The van der Waals surface area contributed by atoms with E-state index in [2.05, 4.69) is 29.0 Å². The molecule has 1 saturated carbocycles. The van der Waals surface area contributed by atoms with Gasteiger partial charge in [0.05, 0.1) is 11.9 Å². The van der Waals surface area contributed by atoms with Crippen molar-refractivity contribution in [3.63, 3.8) is 0 Å². The van der Waals surface area contributed by atoms with Gasteiger partial charge >= 0.3 is 0 Å². The maximum Gasteiger partial charge on any atom is 0.147 e. The second-order valence-electron chi connectivity index (χ2n) is 6.21. The second-order valence-corrected chi connectivity index (χ2v) is 6.21. The summed E-state index contributed by atoms with van der Waals surface area (Å²) in [6.07, 6.45) is 10.3. The molecule has 0 amide bonds. The van der Waals surface area contributed by atoms with Crippen LogP contribution >= 0.6 is 0 Å². The third-order valence-corrected chi connectivity index (χ3v) is 4.04. The van der Waals surface area contributed by atoms with Gasteiger partial charge < -0.3 is 10.2 Å². The molecule has 0 aromatic carbocycles. The molecule has 1 aromatic heterocycles. The molecule has 0 atom stereocenters. The van der Waals surface area contributed by atoms with Gasteiger partial charge in [0, 0.05) is 25.3 Å². The van der Waals surface area contributed by atoms with Crippen LogP contribution in [0.4, 0.5) is 5.82 Å². The van der Waals surface area contributed by atoms with Crippen LogP contribution in [0, 0.1) is 5.92 Å². The molecule has 1 aromatic rings. The second kappa shape index (κ2) is 7.58. The predicted octanol–water partition coefficient (Wildman–Crippen LogP) is 2.99. The summed E-state index contributed by atoms with van der Waals surface area (Å²) < 4.78 is 0. The van der Waals surface area contributed by atoms with Crippen LogP contribution in [0.2, 0.25) is 0 Å². The van der Waals surface area contributed by atoms with Crippen LogP contribution < -0.4 is 10.2 Å². The van der Waals surface area contributed by atoms with Crippen LogP contribution in [0.5, 0.6) is 0 Å². The molecular formula is C16H28N4. The molecule has 1 N–H and O–H groups in total. The summed E-state index contributed by atoms with van der Waals surface area (Å²) in [5.41, 5.74) is 1.03. The maximum atomic E-state index is 4.79. The standard InChI is InChI=1S/C16H28N4/c1-13(2)8-9-20(15-6-4-5-7-15)16-12-18-11-14(19-16)10-17-3/h11-13,15,17H,4-10H2,1-3H3. The quantitative estimate of drug-likeness (QED) is 0.831. The van der Waals surface area contributed by atoms with Crippen molar-refractivity contribution in [2.24, 2.45) is 5.92 Å². The zero-order valence-electron chi connectivity index (χ0n) is 13.1. The Hall–Kier alpha value is -1.16. The molecule has 0 aliphatic heterocycles. The van der Waals surface area contributed by atoms with E-state index in [4.69, 9.17) is 4.98 Å². The third-order valence-electron chi connectivity index (χ3n) is 4.04. The predicted molar refractivity (Wildman–Crippen MR) is 83.9 cm³/mol. The Bertz CT molecular complexity index is 399. The highest BCUT2D eigenvalue weighted by Gasteiger charge is 2.24. The van der Waals surface area contributed by atoms with E-state index in [1.54, 1.807) is 0 Å². The van der Waals surface area contributed by atoms with Crippen molar-refractivity contribution in [2.45, 2.75) is 58.5 Å². The minimum absolute atomic E-state index is 0.660. The summed E-state index contributed by atoms with van der Waals surface area (Å²) in [5.74, 6) is 1.79. The molecule has 0 unspecified atom stereocenters. The lowest BCUT2D eigenvalue weighted by Gasteiger charge is -2.30. The van der Waals surface area contributed by atoms with Gasteiger partial charge in [0.15, 0.2) is 0 Å². The van der Waals surface area contributed by atoms with Gasteiger partial charge in [-0.05, 0) is 32.2 Å². The first-order valence-corrected chi connectivity index (χ1v) is 7.93. The summed E-state index contributed by atoms with van der Waals surface area (Å²) in [6, 6.07) is 0.660. The van der Waals surface area contributed by atoms with Gasteiger partial charge in [0.2, 0.25) is 0 Å². The molecule has 1 aliphatic rings. The smallest absolute Gasteiger partial charge is 0.147 e. The molecule has 1 aliphatic carbocycles. The van der Waals surface area contributed by atoms with Crippen molar-refractivity contribution in [3.8, 4) is 0 Å². The first-order chi connectivity index (χ1) is 9.70. The van der Waals surface area contributed by atoms with E-state index in [-0.39, 0.29) is 0 Å². The molecule has 4 heteroatoms. The van der Waals surface area contributed by atoms with Crippen LogP contribution in [0.15, 0.2) is 12.4 Å². The van der Waals surface area contributed by atoms with Gasteiger partial charge in [-0.3, -0.25) is 4.98 Å². The summed E-state index contributed by atoms with van der Waals surface area (Å²) in [5, 5.41) is 3.15. The van der Waals surface area contributed by atoms with Crippen LogP contribution in [0.3, 0.4) is 0 Å². The van der Waals surface area contributed by atoms with Gasteiger partial charge in [-0.25, -0.2) is 4.98 Å². The van der Waals surface area contributed by atoms with E-state index in [1.807, 2.05) is 19.4 Å². The molecule has 1 fully saturated rings. The highest BCUT2D eigenvalue weighted by Crippen LogP contribution is 2.27. The van der Waals surface area contributed by atoms with Crippen molar-refractivity contribution < 1.29 is 0 Å². The largest absolute Gasteiger partial charge is 0.352 e. The Kier molecular flexibility index (Phi) is 5.77. The van der Waals surface area contributed by atoms with Crippen molar-refractivity contribution in [1.29, 1.82) is 0 Å². The molecule has 112 valence electrons. The van der Waals surface area contributed by atoms with Crippen molar-refractivity contribution in [1.82, 2.24) is 15.3 Å². The van der Waals surface area contributed by atoms with Gasteiger partial charge in [-0.1, -0.05) is 26.7 Å². The molecule has 4 nitrogen and oxygen atoms in total. The van der Waals surface area contributed by atoms with E-state index in [0.29, 0.717) is 6.04 Å². The fraction of sp³-hybridized carbons (Fsp3) is 0.750. The Morgan fingerprint density at radius 1 is 1.30 bits per heavy atom. The van der Waals surface area contributed by atoms with E-state index in [1.165, 1.54) is 32.1 Å². The number of nitrogens with zero attached hydrogens (tertiary/aromatic N) is 3. The Balaban J connectivity index is 2.13. The Morgan fingerprint density at radius 3 is 2.70 bits per heavy atom. The normalized spacial score (nSPS) is 16.0. The minimum Gasteiger partial charge on any atom is -0.352 e. The van der Waals surface area contributed by atoms with Crippen molar-refractivity contribution in [2.75, 3.05) is 18.5 Å². The summed E-state index contributed by atoms with van der Waals surface area (Å²) in [7, 11) is 1.95. The lowest BCUT2D eigenvalue weighted by Crippen LogP contribution is -2.35. The summed E-state index contributed by atoms with van der Waals surface area (Å²) >= 11 is 0. The van der Waals surface area contributed by atoms with Crippen LogP contribution in [-0.2, 0) is 6.54 Å². The summed E-state index contributed by atoms with van der Waals surface area (Å²) in [6.45, 7) is 6.45. The SMILES string of the molecule is CNCc1cncc(N(CCC(C)C)C2CCCC2)n1.